The molecule has 5 heteroatoms. The van der Waals surface area contributed by atoms with Gasteiger partial charge in [0, 0.05) is 31.4 Å². The van der Waals surface area contributed by atoms with Gasteiger partial charge in [-0.2, -0.15) is 0 Å². The van der Waals surface area contributed by atoms with E-state index in [4.69, 9.17) is 4.74 Å². The number of ether oxygens (including phenoxy) is 1. The normalized spacial score (nSPS) is 17.9. The molecule has 1 aliphatic rings. The molecule has 138 valence electrons. The third kappa shape index (κ3) is 5.05. The largest absolute Gasteiger partial charge is 0.457 e. The molecule has 1 amide bonds. The molecule has 0 radical (unpaired) electrons. The lowest BCUT2D eigenvalue weighted by atomic mass is 9.97. The summed E-state index contributed by atoms with van der Waals surface area (Å²) in [5.41, 5.74) is 0.384. The summed E-state index contributed by atoms with van der Waals surface area (Å²) in [6, 6.07) is 13.5. The second-order valence-corrected chi connectivity index (χ2v) is 7.10. The molecule has 5 nitrogen and oxygen atoms in total. The van der Waals surface area contributed by atoms with Gasteiger partial charge in [0.2, 0.25) is 0 Å². The van der Waals surface area contributed by atoms with E-state index in [1.54, 1.807) is 18.3 Å². The SMILES string of the molecule is CC(C)N1CCCC(CNC(=O)c2cc(Oc3ccccc3)ccn2)C1. The van der Waals surface area contributed by atoms with Crippen LogP contribution in [-0.2, 0) is 0 Å². The first-order valence-corrected chi connectivity index (χ1v) is 9.33. The second kappa shape index (κ2) is 8.81. The van der Waals surface area contributed by atoms with Crippen molar-refractivity contribution in [1.29, 1.82) is 0 Å². The molecule has 1 fully saturated rings. The van der Waals surface area contributed by atoms with Crippen molar-refractivity contribution in [2.45, 2.75) is 32.7 Å². The van der Waals surface area contributed by atoms with E-state index >= 15 is 0 Å². The maximum absolute atomic E-state index is 12.5. The van der Waals surface area contributed by atoms with Crippen LogP contribution in [0.15, 0.2) is 48.7 Å². The average molecular weight is 353 g/mol. The molecule has 1 N–H and O–H groups in total. The fourth-order valence-corrected chi connectivity index (χ4v) is 3.28. The van der Waals surface area contributed by atoms with E-state index in [9.17, 15) is 4.79 Å². The third-order valence-electron chi connectivity index (χ3n) is 4.77. The van der Waals surface area contributed by atoms with Crippen LogP contribution >= 0.6 is 0 Å². The van der Waals surface area contributed by atoms with Crippen molar-refractivity contribution in [3.8, 4) is 11.5 Å². The summed E-state index contributed by atoms with van der Waals surface area (Å²) in [6.45, 7) is 7.34. The van der Waals surface area contributed by atoms with Crippen molar-refractivity contribution >= 4 is 5.91 Å². The average Bonchev–Trinajstić information content (AvgIpc) is 2.67. The Morgan fingerprint density at radius 2 is 2.08 bits per heavy atom. The van der Waals surface area contributed by atoms with Crippen LogP contribution in [0, 0.1) is 5.92 Å². The Morgan fingerprint density at radius 1 is 1.27 bits per heavy atom. The van der Waals surface area contributed by atoms with Crippen molar-refractivity contribution in [2.75, 3.05) is 19.6 Å². The Bertz CT molecular complexity index is 718. The first-order valence-electron chi connectivity index (χ1n) is 9.33. The van der Waals surface area contributed by atoms with E-state index in [1.807, 2.05) is 30.3 Å². The van der Waals surface area contributed by atoms with Gasteiger partial charge < -0.3 is 15.0 Å². The van der Waals surface area contributed by atoms with Crippen LogP contribution < -0.4 is 10.1 Å². The summed E-state index contributed by atoms with van der Waals surface area (Å²) in [7, 11) is 0. The van der Waals surface area contributed by atoms with Gasteiger partial charge in [0.05, 0.1) is 0 Å². The number of nitrogens with zero attached hydrogens (tertiary/aromatic N) is 2. The number of hydrogen-bond acceptors (Lipinski definition) is 4. The number of benzene rings is 1. The summed E-state index contributed by atoms with van der Waals surface area (Å²) in [5, 5.41) is 3.04. The van der Waals surface area contributed by atoms with Crippen LogP contribution in [0.25, 0.3) is 0 Å². The molecule has 0 aliphatic carbocycles. The van der Waals surface area contributed by atoms with Gasteiger partial charge in [-0.15, -0.1) is 0 Å². The zero-order chi connectivity index (χ0) is 18.4. The zero-order valence-corrected chi connectivity index (χ0v) is 15.5. The Hall–Kier alpha value is -2.40. The number of likely N-dealkylation sites (tertiary alicyclic amines) is 1. The second-order valence-electron chi connectivity index (χ2n) is 7.10. The fraction of sp³-hybridized carbons (Fsp3) is 0.429. The van der Waals surface area contributed by atoms with Crippen LogP contribution in [-0.4, -0.2) is 41.5 Å². The summed E-state index contributed by atoms with van der Waals surface area (Å²) in [5.74, 6) is 1.70. The number of hydrogen-bond donors (Lipinski definition) is 1. The highest BCUT2D eigenvalue weighted by Crippen LogP contribution is 2.21. The number of pyridine rings is 1. The summed E-state index contributed by atoms with van der Waals surface area (Å²) in [4.78, 5) is 19.1. The first kappa shape index (κ1) is 18.4. The van der Waals surface area contributed by atoms with Gasteiger partial charge >= 0.3 is 0 Å². The molecule has 26 heavy (non-hydrogen) atoms. The molecule has 0 bridgehead atoms. The van der Waals surface area contributed by atoms with Crippen molar-refractivity contribution in [2.24, 2.45) is 5.92 Å². The minimum atomic E-state index is -0.148. The Balaban J connectivity index is 1.55. The van der Waals surface area contributed by atoms with Gasteiger partial charge in [0.25, 0.3) is 5.91 Å². The topological polar surface area (TPSA) is 54.5 Å². The van der Waals surface area contributed by atoms with Crippen molar-refractivity contribution in [1.82, 2.24) is 15.2 Å². The molecule has 0 spiro atoms. The lowest BCUT2D eigenvalue weighted by Crippen LogP contribution is -2.43. The van der Waals surface area contributed by atoms with E-state index in [-0.39, 0.29) is 5.91 Å². The molecule has 2 heterocycles. The predicted molar refractivity (Wildman–Crippen MR) is 103 cm³/mol. The van der Waals surface area contributed by atoms with Crippen molar-refractivity contribution in [3.05, 3.63) is 54.4 Å². The molecule has 1 saturated heterocycles. The highest BCUT2D eigenvalue weighted by Gasteiger charge is 2.22. The van der Waals surface area contributed by atoms with E-state index in [2.05, 4.69) is 29.0 Å². The van der Waals surface area contributed by atoms with Gasteiger partial charge in [0.15, 0.2) is 0 Å². The standard InChI is InChI=1S/C21H27N3O2/c1-16(2)24-12-6-7-17(15-24)14-23-21(25)20-13-19(10-11-22-20)26-18-8-4-3-5-9-18/h3-5,8-11,13,16-17H,6-7,12,14-15H2,1-2H3,(H,23,25). The van der Waals surface area contributed by atoms with E-state index in [0.29, 0.717) is 29.9 Å². The highest BCUT2D eigenvalue weighted by molar-refractivity contribution is 5.92. The number of carbonyl (C=O) groups is 1. The fourth-order valence-electron chi connectivity index (χ4n) is 3.28. The number of amides is 1. The third-order valence-corrected chi connectivity index (χ3v) is 4.77. The van der Waals surface area contributed by atoms with Crippen LogP contribution in [0.5, 0.6) is 11.5 Å². The van der Waals surface area contributed by atoms with Crippen LogP contribution in [0.4, 0.5) is 0 Å². The Kier molecular flexibility index (Phi) is 6.23. The number of nitrogens with one attached hydrogen (secondary N) is 1. The van der Waals surface area contributed by atoms with E-state index in [1.165, 1.54) is 6.42 Å². The van der Waals surface area contributed by atoms with Gasteiger partial charge in [0.1, 0.15) is 17.2 Å². The minimum absolute atomic E-state index is 0.148. The van der Waals surface area contributed by atoms with Crippen LogP contribution in [0.2, 0.25) is 0 Å². The molecule has 1 unspecified atom stereocenters. The van der Waals surface area contributed by atoms with Crippen LogP contribution in [0.3, 0.4) is 0 Å². The maximum atomic E-state index is 12.5. The van der Waals surface area contributed by atoms with Crippen molar-refractivity contribution < 1.29 is 9.53 Å². The number of piperidine rings is 1. The quantitative estimate of drug-likeness (QED) is 0.860. The van der Waals surface area contributed by atoms with Gasteiger partial charge in [-0.25, -0.2) is 0 Å². The summed E-state index contributed by atoms with van der Waals surface area (Å²) >= 11 is 0. The molecular weight excluding hydrogens is 326 g/mol. The molecule has 1 aromatic heterocycles. The molecule has 1 aliphatic heterocycles. The zero-order valence-electron chi connectivity index (χ0n) is 15.5. The minimum Gasteiger partial charge on any atom is -0.457 e. The highest BCUT2D eigenvalue weighted by atomic mass is 16.5. The number of carbonyl (C=O) groups excluding carboxylic acids is 1. The van der Waals surface area contributed by atoms with E-state index in [0.717, 1.165) is 25.3 Å². The van der Waals surface area contributed by atoms with Gasteiger partial charge in [-0.1, -0.05) is 18.2 Å². The maximum Gasteiger partial charge on any atom is 0.270 e. The van der Waals surface area contributed by atoms with Gasteiger partial charge in [-0.3, -0.25) is 9.78 Å². The predicted octanol–water partition coefficient (Wildman–Crippen LogP) is 3.72. The molecule has 2 aromatic rings. The smallest absolute Gasteiger partial charge is 0.270 e. The number of rotatable bonds is 6. The number of para-hydroxylation sites is 1. The molecule has 1 aromatic carbocycles. The molecule has 1 atom stereocenters. The Morgan fingerprint density at radius 3 is 2.85 bits per heavy atom. The van der Waals surface area contributed by atoms with Gasteiger partial charge in [-0.05, 0) is 57.4 Å². The van der Waals surface area contributed by atoms with E-state index < -0.39 is 0 Å². The molecule has 0 saturated carbocycles. The summed E-state index contributed by atoms with van der Waals surface area (Å²) < 4.78 is 5.78. The first-order chi connectivity index (χ1) is 12.6. The summed E-state index contributed by atoms with van der Waals surface area (Å²) in [6.07, 6.45) is 3.96. The lowest BCUT2D eigenvalue weighted by Gasteiger charge is -2.35. The van der Waals surface area contributed by atoms with Crippen LogP contribution in [0.1, 0.15) is 37.2 Å². The molecule has 3 rings (SSSR count). The Labute approximate surface area is 155 Å². The lowest BCUT2D eigenvalue weighted by molar-refractivity contribution is 0.0917. The number of aromatic nitrogens is 1. The molecular formula is C21H27N3O2. The monoisotopic (exact) mass is 353 g/mol. The van der Waals surface area contributed by atoms with Crippen molar-refractivity contribution in [3.63, 3.8) is 0 Å².